The first-order valence-corrected chi connectivity index (χ1v) is 22.1. The van der Waals surface area contributed by atoms with Crippen molar-refractivity contribution in [3.05, 3.63) is 94.6 Å². The quantitative estimate of drug-likeness (QED) is 0.0682. The number of amides is 4. The topological polar surface area (TPSA) is 314 Å². The maximum Gasteiger partial charge on any atom is 0.326 e. The van der Waals surface area contributed by atoms with Gasteiger partial charge in [-0.15, -0.1) is 0 Å². The Balaban J connectivity index is 1.86. The highest BCUT2D eigenvalue weighted by Gasteiger charge is 2.37. The van der Waals surface area contributed by atoms with E-state index in [1.54, 1.807) is 20.8 Å². The number of carbonyl (C=O) groups is 5. The number of aliphatic imine (C=N–C) groups is 1. The number of rotatable bonds is 17. The van der Waals surface area contributed by atoms with E-state index in [1.165, 1.54) is 44.3 Å². The Hall–Kier alpha value is -6.64. The number of aliphatic hydroxyl groups excluding tert-OH is 2. The lowest BCUT2D eigenvalue weighted by Crippen LogP contribution is -2.56. The van der Waals surface area contributed by atoms with Gasteiger partial charge in [0.1, 0.15) is 55.3 Å². The number of fused-ring (bicyclic) bond motifs is 5. The standard InChI is InChI=1S/C49H66N8O11/c1-25(2)41(27(4)53-26(3)30-11-13-32(14-12-30)49(6,7)8)45(62)56-38(22-52)47(64)57(9)42-31-18-36(43(60)40(19-31)68-24-34(59)21-51)35-16-29(10-15-39(35)67-23-33(58)20-50)17-37(48(65)66)55-44(61)28(5)54-46(42)63/h10-16,18-19,28,33-34,37-38,42,58-60H,3,17,20-24,50-52H2,1-2,4-9H3,(H,54,63)(H,55,61)(H,56,62)(H,65,66)/b53-27-/t28-,33+,34+,37-,38-,42?/m0/s1. The number of carbonyl (C=O) groups excluding carboxylic acids is 4. The predicted octanol–water partition coefficient (Wildman–Crippen LogP) is 1.79. The van der Waals surface area contributed by atoms with E-state index in [0.29, 0.717) is 22.5 Å². The number of benzene rings is 3. The number of nitrogens with one attached hydrogen (secondary N) is 3. The molecule has 0 aliphatic carbocycles. The highest BCUT2D eigenvalue weighted by Crippen LogP contribution is 2.45. The zero-order valence-corrected chi connectivity index (χ0v) is 39.9. The van der Waals surface area contributed by atoms with Gasteiger partial charge in [-0.3, -0.25) is 24.2 Å². The van der Waals surface area contributed by atoms with Crippen LogP contribution in [0.3, 0.4) is 0 Å². The van der Waals surface area contributed by atoms with Gasteiger partial charge in [-0.2, -0.15) is 0 Å². The summed E-state index contributed by atoms with van der Waals surface area (Å²) in [5.41, 5.74) is 21.1. The molecule has 19 heteroatoms. The molecule has 0 fully saturated rings. The van der Waals surface area contributed by atoms with Crippen LogP contribution in [-0.4, -0.2) is 131 Å². The summed E-state index contributed by atoms with van der Waals surface area (Å²) in [6.45, 7) is 15.3. The molecular formula is C49H66N8O11. The molecule has 0 spiro atoms. The number of nitrogens with zero attached hydrogens (tertiary/aromatic N) is 2. The van der Waals surface area contributed by atoms with Gasteiger partial charge in [0.2, 0.25) is 17.7 Å². The predicted molar refractivity (Wildman–Crippen MR) is 258 cm³/mol. The van der Waals surface area contributed by atoms with E-state index in [0.717, 1.165) is 16.0 Å². The van der Waals surface area contributed by atoms with Gasteiger partial charge in [-0.05, 0) is 79.6 Å². The Morgan fingerprint density at radius 2 is 1.49 bits per heavy atom. The van der Waals surface area contributed by atoms with Gasteiger partial charge in [0.25, 0.3) is 5.91 Å². The van der Waals surface area contributed by atoms with Crippen molar-refractivity contribution in [2.75, 3.05) is 39.9 Å². The zero-order chi connectivity index (χ0) is 50.8. The Bertz CT molecular complexity index is 2420. The molecule has 1 heterocycles. The zero-order valence-electron chi connectivity index (χ0n) is 39.9. The molecule has 368 valence electrons. The minimum absolute atomic E-state index is 0.000997. The third-order valence-electron chi connectivity index (χ3n) is 11.3. The van der Waals surface area contributed by atoms with E-state index in [2.05, 4.69) is 48.3 Å². The second-order valence-corrected chi connectivity index (χ2v) is 17.9. The van der Waals surface area contributed by atoms with Crippen LogP contribution < -0.4 is 42.6 Å². The second kappa shape index (κ2) is 23.4. The molecule has 68 heavy (non-hydrogen) atoms. The van der Waals surface area contributed by atoms with Crippen LogP contribution in [0.15, 0.2) is 77.3 Å². The van der Waals surface area contributed by atoms with Gasteiger partial charge in [-0.1, -0.05) is 63.3 Å². The van der Waals surface area contributed by atoms with Crippen LogP contribution in [0.25, 0.3) is 16.8 Å². The average Bonchev–Trinajstić information content (AvgIpc) is 3.28. The molecule has 0 saturated heterocycles. The SMILES string of the molecule is C=C(/N=C(/C)C(C(=O)N[C@@H](CN)C(=O)N(C)C1C(=O)N[C@@H](C)C(=O)N[C@H](C(=O)O)Cc2ccc(OC[C@H](O)CN)c(c2)-c2cc1cc(OC[C@H](O)CN)c2O)=C(C)C)c1ccc(C(C)(C)C)cc1. The van der Waals surface area contributed by atoms with Crippen molar-refractivity contribution in [1.29, 1.82) is 0 Å². The van der Waals surface area contributed by atoms with Gasteiger partial charge >= 0.3 is 5.97 Å². The van der Waals surface area contributed by atoms with E-state index >= 15 is 0 Å². The van der Waals surface area contributed by atoms with Crippen LogP contribution in [0.1, 0.15) is 76.8 Å². The summed E-state index contributed by atoms with van der Waals surface area (Å²) in [5.74, 6) is -5.46. The lowest BCUT2D eigenvalue weighted by molar-refractivity contribution is -0.143. The first-order valence-electron chi connectivity index (χ1n) is 22.1. The van der Waals surface area contributed by atoms with Gasteiger partial charge in [0.05, 0.1) is 17.0 Å². The summed E-state index contributed by atoms with van der Waals surface area (Å²) in [5, 5.41) is 50.4. The number of carboxylic acids is 1. The molecule has 0 aromatic heterocycles. The molecule has 3 aromatic carbocycles. The summed E-state index contributed by atoms with van der Waals surface area (Å²) < 4.78 is 11.8. The molecule has 19 nitrogen and oxygen atoms in total. The van der Waals surface area contributed by atoms with Gasteiger partial charge in [0.15, 0.2) is 11.5 Å². The number of hydrogen-bond acceptors (Lipinski definition) is 14. The van der Waals surface area contributed by atoms with Crippen LogP contribution in [0.2, 0.25) is 0 Å². The second-order valence-electron chi connectivity index (χ2n) is 17.9. The van der Waals surface area contributed by atoms with E-state index in [9.17, 15) is 44.4 Å². The third-order valence-corrected chi connectivity index (χ3v) is 11.3. The molecule has 13 N–H and O–H groups in total. The number of likely N-dealkylation sites (N-methyl/N-ethyl adjacent to an activating group) is 1. The number of phenolic OH excluding ortho intramolecular Hbond substituents is 1. The van der Waals surface area contributed by atoms with Crippen molar-refractivity contribution < 1.29 is 53.9 Å². The lowest BCUT2D eigenvalue weighted by Gasteiger charge is -2.32. The highest BCUT2D eigenvalue weighted by molar-refractivity contribution is 6.22. The van der Waals surface area contributed by atoms with E-state index < -0.39 is 84.9 Å². The number of aromatic hydroxyl groups is 1. The summed E-state index contributed by atoms with van der Waals surface area (Å²) in [6.07, 6.45) is -2.55. The Morgan fingerprint density at radius 3 is 2.03 bits per heavy atom. The van der Waals surface area contributed by atoms with Gasteiger partial charge in [0, 0.05) is 44.2 Å². The van der Waals surface area contributed by atoms with Crippen LogP contribution in [0.4, 0.5) is 0 Å². The van der Waals surface area contributed by atoms with Gasteiger partial charge in [-0.25, -0.2) is 4.79 Å². The molecule has 0 radical (unpaired) electrons. The molecule has 3 aromatic rings. The van der Waals surface area contributed by atoms with Crippen molar-refractivity contribution in [2.24, 2.45) is 22.2 Å². The molecule has 4 amide bonds. The Labute approximate surface area is 396 Å². The van der Waals surface area contributed by atoms with Crippen LogP contribution >= 0.6 is 0 Å². The fourth-order valence-electron chi connectivity index (χ4n) is 7.36. The maximum absolute atomic E-state index is 14.7. The first kappa shape index (κ1) is 54.0. The van der Waals surface area contributed by atoms with Gasteiger partial charge < -0.3 is 68.0 Å². The van der Waals surface area contributed by atoms with E-state index in [1.807, 2.05) is 24.3 Å². The fourth-order valence-corrected chi connectivity index (χ4v) is 7.36. The Kier molecular flexibility index (Phi) is 18.6. The largest absolute Gasteiger partial charge is 0.504 e. The molecule has 0 saturated carbocycles. The number of aliphatic carboxylic acids is 1. The number of ether oxygens (including phenoxy) is 2. The fraction of sp³-hybridized carbons (Fsp3) is 0.429. The average molecular weight is 943 g/mol. The summed E-state index contributed by atoms with van der Waals surface area (Å²) in [6, 6.07) is 8.93. The molecule has 1 aliphatic rings. The lowest BCUT2D eigenvalue weighted by atomic mass is 9.86. The van der Waals surface area contributed by atoms with Crippen molar-refractivity contribution in [3.8, 4) is 28.4 Å². The van der Waals surface area contributed by atoms with Crippen LogP contribution in [0.5, 0.6) is 17.2 Å². The number of carboxylic acid groups (broad SMARTS) is 1. The normalized spacial score (nSPS) is 17.8. The van der Waals surface area contributed by atoms with Crippen molar-refractivity contribution >= 4 is 41.0 Å². The smallest absolute Gasteiger partial charge is 0.326 e. The molecule has 4 bridgehead atoms. The first-order chi connectivity index (χ1) is 31.9. The number of hydrogen-bond donors (Lipinski definition) is 10. The molecular weight excluding hydrogens is 877 g/mol. The molecule has 4 rings (SSSR count). The number of aliphatic hydroxyl groups is 2. The molecule has 1 aliphatic heterocycles. The minimum Gasteiger partial charge on any atom is -0.504 e. The third kappa shape index (κ3) is 13.5. The van der Waals surface area contributed by atoms with Crippen molar-refractivity contribution in [3.63, 3.8) is 0 Å². The number of phenols is 1. The number of allylic oxidation sites excluding steroid dienone is 1. The van der Waals surface area contributed by atoms with Crippen molar-refractivity contribution in [2.45, 2.75) is 96.7 Å². The minimum atomic E-state index is -1.67. The van der Waals surface area contributed by atoms with Crippen molar-refractivity contribution in [1.82, 2.24) is 20.9 Å². The van der Waals surface area contributed by atoms with Crippen LogP contribution in [-0.2, 0) is 35.8 Å². The monoisotopic (exact) mass is 942 g/mol. The summed E-state index contributed by atoms with van der Waals surface area (Å²) in [7, 11) is 1.27. The molecule has 1 unspecified atom stereocenters. The number of nitrogens with two attached hydrogens (primary N) is 3. The summed E-state index contributed by atoms with van der Waals surface area (Å²) in [4.78, 5) is 75.0. The maximum atomic E-state index is 14.7. The highest BCUT2D eigenvalue weighted by atomic mass is 16.5. The van der Waals surface area contributed by atoms with E-state index in [-0.39, 0.29) is 65.3 Å². The molecule has 6 atom stereocenters. The Morgan fingerprint density at radius 1 is 0.882 bits per heavy atom. The van der Waals surface area contributed by atoms with E-state index in [4.69, 9.17) is 26.7 Å². The van der Waals surface area contributed by atoms with Crippen LogP contribution in [0, 0.1) is 0 Å². The summed E-state index contributed by atoms with van der Waals surface area (Å²) >= 11 is 0.